The average molecular weight is 265 g/mol. The molecule has 1 aliphatic rings. The van der Waals surface area contributed by atoms with Crippen LogP contribution in [-0.2, 0) is 11.3 Å². The molecule has 0 radical (unpaired) electrons. The van der Waals surface area contributed by atoms with Crippen molar-refractivity contribution < 1.29 is 9.90 Å². The Balaban J connectivity index is 1.84. The minimum atomic E-state index is -0.428. The fourth-order valence-corrected chi connectivity index (χ4v) is 2.63. The zero-order valence-electron chi connectivity index (χ0n) is 9.44. The van der Waals surface area contributed by atoms with Gasteiger partial charge in [-0.05, 0) is 11.4 Å². The Labute approximate surface area is 106 Å². The van der Waals surface area contributed by atoms with Crippen LogP contribution in [0.5, 0.6) is 0 Å². The fourth-order valence-electron chi connectivity index (χ4n) is 1.91. The van der Waals surface area contributed by atoms with Crippen molar-refractivity contribution in [3.8, 4) is 0 Å². The van der Waals surface area contributed by atoms with Crippen molar-refractivity contribution in [2.75, 3.05) is 13.1 Å². The quantitative estimate of drug-likeness (QED) is 0.806. The number of aliphatic hydroxyl groups excluding tert-OH is 1. The number of aliphatic hydroxyl groups is 1. The molecule has 3 rings (SSSR count). The first kappa shape index (κ1) is 11.4. The van der Waals surface area contributed by atoms with Crippen LogP contribution in [0.4, 0.5) is 0 Å². The van der Waals surface area contributed by atoms with E-state index in [0.29, 0.717) is 23.3 Å². The van der Waals surface area contributed by atoms with E-state index in [0.717, 1.165) is 0 Å². The lowest BCUT2D eigenvalue weighted by atomic mass is 10.2. The molecular formula is C11H11N3O3S. The van der Waals surface area contributed by atoms with Crippen LogP contribution in [0.2, 0.25) is 0 Å². The molecule has 0 bridgehead atoms. The Morgan fingerprint density at radius 1 is 1.56 bits per heavy atom. The van der Waals surface area contributed by atoms with Gasteiger partial charge in [-0.2, -0.15) is 0 Å². The van der Waals surface area contributed by atoms with Crippen molar-refractivity contribution in [1.82, 2.24) is 14.5 Å². The maximum Gasteiger partial charge on any atom is 0.262 e. The number of hydrogen-bond donors (Lipinski definition) is 1. The molecule has 0 aromatic carbocycles. The molecule has 1 saturated heterocycles. The third-order valence-corrected chi connectivity index (χ3v) is 3.79. The van der Waals surface area contributed by atoms with Gasteiger partial charge in [-0.3, -0.25) is 14.2 Å². The van der Waals surface area contributed by atoms with Crippen molar-refractivity contribution in [2.45, 2.75) is 12.6 Å². The van der Waals surface area contributed by atoms with Crippen LogP contribution in [-0.4, -0.2) is 44.7 Å². The van der Waals surface area contributed by atoms with E-state index in [1.54, 1.807) is 11.4 Å². The molecular weight excluding hydrogens is 254 g/mol. The molecule has 6 nitrogen and oxygen atoms in total. The molecule has 1 fully saturated rings. The number of thiophene rings is 1. The van der Waals surface area contributed by atoms with E-state index in [1.165, 1.54) is 27.1 Å². The first-order valence-electron chi connectivity index (χ1n) is 5.53. The van der Waals surface area contributed by atoms with Gasteiger partial charge in [0.25, 0.3) is 5.56 Å². The number of likely N-dealkylation sites (tertiary alicyclic amines) is 1. The minimum absolute atomic E-state index is 0.0235. The number of hydrogen-bond acceptors (Lipinski definition) is 5. The molecule has 0 aliphatic carbocycles. The Bertz CT molecular complexity index is 657. The van der Waals surface area contributed by atoms with Crippen LogP contribution in [0, 0.1) is 0 Å². The highest BCUT2D eigenvalue weighted by molar-refractivity contribution is 7.16. The molecule has 0 saturated carbocycles. The van der Waals surface area contributed by atoms with Crippen molar-refractivity contribution in [1.29, 1.82) is 0 Å². The highest BCUT2D eigenvalue weighted by Crippen LogP contribution is 2.13. The minimum Gasteiger partial charge on any atom is -0.389 e. The van der Waals surface area contributed by atoms with Crippen molar-refractivity contribution in [3.63, 3.8) is 0 Å². The average Bonchev–Trinajstić information content (AvgIpc) is 2.77. The van der Waals surface area contributed by atoms with Gasteiger partial charge < -0.3 is 10.0 Å². The second-order valence-electron chi connectivity index (χ2n) is 4.27. The van der Waals surface area contributed by atoms with Gasteiger partial charge in [0.05, 0.1) is 17.8 Å². The number of aromatic nitrogens is 2. The van der Waals surface area contributed by atoms with E-state index in [-0.39, 0.29) is 18.0 Å². The van der Waals surface area contributed by atoms with Crippen LogP contribution in [0.1, 0.15) is 0 Å². The van der Waals surface area contributed by atoms with E-state index >= 15 is 0 Å². The number of carbonyl (C=O) groups is 1. The monoisotopic (exact) mass is 265 g/mol. The second kappa shape index (κ2) is 4.18. The van der Waals surface area contributed by atoms with E-state index in [4.69, 9.17) is 5.11 Å². The maximum atomic E-state index is 12.0. The van der Waals surface area contributed by atoms with Crippen LogP contribution in [0.25, 0.3) is 10.2 Å². The van der Waals surface area contributed by atoms with Gasteiger partial charge in [-0.15, -0.1) is 11.3 Å². The summed E-state index contributed by atoms with van der Waals surface area (Å²) in [5.74, 6) is -0.168. The van der Waals surface area contributed by atoms with Gasteiger partial charge in [0.1, 0.15) is 11.4 Å². The molecule has 7 heteroatoms. The first-order valence-corrected chi connectivity index (χ1v) is 6.41. The van der Waals surface area contributed by atoms with Crippen molar-refractivity contribution in [2.24, 2.45) is 0 Å². The number of fused-ring (bicyclic) bond motifs is 1. The van der Waals surface area contributed by atoms with Crippen molar-refractivity contribution >= 4 is 27.5 Å². The van der Waals surface area contributed by atoms with Crippen molar-refractivity contribution in [3.05, 3.63) is 28.1 Å². The normalized spacial score (nSPS) is 15.9. The Morgan fingerprint density at radius 2 is 2.33 bits per heavy atom. The molecule has 94 valence electrons. The van der Waals surface area contributed by atoms with E-state index in [2.05, 4.69) is 4.98 Å². The number of β-amino-alcohol motifs (C(OH)–C–C–N with tert-alkyl or cyclic N) is 1. The lowest BCUT2D eigenvalue weighted by Crippen LogP contribution is -2.54. The van der Waals surface area contributed by atoms with Gasteiger partial charge in [0.2, 0.25) is 5.91 Å². The van der Waals surface area contributed by atoms with E-state index in [1.807, 2.05) is 0 Å². The summed E-state index contributed by atoms with van der Waals surface area (Å²) in [6.45, 7) is 0.674. The molecule has 1 aliphatic heterocycles. The smallest absolute Gasteiger partial charge is 0.262 e. The summed E-state index contributed by atoms with van der Waals surface area (Å²) in [5, 5.41) is 11.5. The Kier molecular flexibility index (Phi) is 2.64. The number of nitrogens with zero attached hydrogens (tertiary/aromatic N) is 3. The molecule has 0 unspecified atom stereocenters. The van der Waals surface area contributed by atoms with Gasteiger partial charge in [0.15, 0.2) is 0 Å². The third kappa shape index (κ3) is 1.81. The standard InChI is InChI=1S/C11H11N3O3S/c15-7-3-13(4-7)9(16)5-14-6-12-10-8(11(14)17)1-2-18-10/h1-2,6-7,15H,3-5H2. The number of carbonyl (C=O) groups excluding carboxylic acids is 1. The molecule has 18 heavy (non-hydrogen) atoms. The summed E-state index contributed by atoms with van der Waals surface area (Å²) in [6.07, 6.45) is 0.970. The summed E-state index contributed by atoms with van der Waals surface area (Å²) in [4.78, 5) is 30.2. The Hall–Kier alpha value is -1.73. The SMILES string of the molecule is O=C(Cn1cnc2sccc2c1=O)N1CC(O)C1. The zero-order chi connectivity index (χ0) is 12.7. The summed E-state index contributed by atoms with van der Waals surface area (Å²) in [5.41, 5.74) is -0.198. The molecule has 3 heterocycles. The predicted octanol–water partition coefficient (Wildman–Crippen LogP) is -0.339. The molecule has 1 N–H and O–H groups in total. The first-order chi connectivity index (χ1) is 8.65. The highest BCUT2D eigenvalue weighted by Gasteiger charge is 2.28. The molecule has 0 atom stereocenters. The van der Waals surface area contributed by atoms with Crippen LogP contribution in [0.15, 0.2) is 22.6 Å². The topological polar surface area (TPSA) is 75.4 Å². The van der Waals surface area contributed by atoms with Gasteiger partial charge in [-0.25, -0.2) is 4.98 Å². The second-order valence-corrected chi connectivity index (χ2v) is 5.16. The van der Waals surface area contributed by atoms with E-state index in [9.17, 15) is 9.59 Å². The predicted molar refractivity (Wildman–Crippen MR) is 66.5 cm³/mol. The molecule has 0 spiro atoms. The van der Waals surface area contributed by atoms with Crippen LogP contribution < -0.4 is 5.56 Å². The lowest BCUT2D eigenvalue weighted by molar-refractivity contribution is -0.141. The Morgan fingerprint density at radius 3 is 3.06 bits per heavy atom. The zero-order valence-corrected chi connectivity index (χ0v) is 10.3. The number of amides is 1. The third-order valence-electron chi connectivity index (χ3n) is 2.97. The lowest BCUT2D eigenvalue weighted by Gasteiger charge is -2.35. The van der Waals surface area contributed by atoms with Crippen LogP contribution >= 0.6 is 11.3 Å². The van der Waals surface area contributed by atoms with E-state index < -0.39 is 6.10 Å². The van der Waals surface area contributed by atoms with Crippen LogP contribution in [0.3, 0.4) is 0 Å². The summed E-state index contributed by atoms with van der Waals surface area (Å²) in [6, 6.07) is 1.71. The van der Waals surface area contributed by atoms with Gasteiger partial charge >= 0.3 is 0 Å². The van der Waals surface area contributed by atoms with Gasteiger partial charge in [-0.1, -0.05) is 0 Å². The summed E-state index contributed by atoms with van der Waals surface area (Å²) >= 11 is 1.40. The molecule has 1 amide bonds. The highest BCUT2D eigenvalue weighted by atomic mass is 32.1. The molecule has 2 aromatic heterocycles. The molecule has 2 aromatic rings. The largest absolute Gasteiger partial charge is 0.389 e. The fraction of sp³-hybridized carbons (Fsp3) is 0.364. The summed E-state index contributed by atoms with van der Waals surface area (Å²) < 4.78 is 1.31. The number of rotatable bonds is 2. The van der Waals surface area contributed by atoms with Gasteiger partial charge in [0, 0.05) is 13.1 Å². The maximum absolute atomic E-state index is 12.0. The summed E-state index contributed by atoms with van der Waals surface area (Å²) in [7, 11) is 0.